The second-order valence-corrected chi connectivity index (χ2v) is 4.62. The van der Waals surface area contributed by atoms with Gasteiger partial charge in [0.25, 0.3) is 0 Å². The number of hydrogen-bond donors (Lipinski definition) is 0. The third-order valence-electron chi connectivity index (χ3n) is 3.31. The highest BCUT2D eigenvalue weighted by atomic mass is 16.5. The number of benzene rings is 2. The summed E-state index contributed by atoms with van der Waals surface area (Å²) in [7, 11) is 0. The average molecular weight is 238 g/mol. The molecular formula is C16H14O2. The van der Waals surface area contributed by atoms with Crippen LogP contribution in [-0.2, 0) is 17.6 Å². The van der Waals surface area contributed by atoms with Crippen molar-refractivity contribution < 1.29 is 9.53 Å². The largest absolute Gasteiger partial charge is 0.426 e. The highest BCUT2D eigenvalue weighted by Crippen LogP contribution is 2.29. The van der Waals surface area contributed by atoms with Crippen molar-refractivity contribution in [2.75, 3.05) is 0 Å². The molecule has 0 aliphatic carbocycles. The van der Waals surface area contributed by atoms with E-state index in [1.54, 1.807) is 0 Å². The Labute approximate surface area is 106 Å². The van der Waals surface area contributed by atoms with Gasteiger partial charge in [-0.1, -0.05) is 48.5 Å². The van der Waals surface area contributed by atoms with Gasteiger partial charge < -0.3 is 4.74 Å². The Balaban J connectivity index is 1.81. The predicted octanol–water partition coefficient (Wildman–Crippen LogP) is 3.01. The van der Waals surface area contributed by atoms with Gasteiger partial charge in [-0.05, 0) is 30.0 Å². The molecule has 2 aromatic rings. The number of rotatable bonds is 2. The number of para-hydroxylation sites is 1. The Morgan fingerprint density at radius 3 is 2.56 bits per heavy atom. The summed E-state index contributed by atoms with van der Waals surface area (Å²) in [5.41, 5.74) is 2.30. The summed E-state index contributed by atoms with van der Waals surface area (Å²) in [5.74, 6) is 0.534. The molecule has 1 unspecified atom stereocenters. The van der Waals surface area contributed by atoms with E-state index in [-0.39, 0.29) is 11.9 Å². The summed E-state index contributed by atoms with van der Waals surface area (Å²) in [6.45, 7) is 0. The molecule has 1 aliphatic heterocycles. The average Bonchev–Trinajstić information content (AvgIpc) is 2.41. The number of fused-ring (bicyclic) bond motifs is 1. The molecule has 0 saturated heterocycles. The normalized spacial score (nSPS) is 18.0. The van der Waals surface area contributed by atoms with E-state index in [9.17, 15) is 4.79 Å². The molecule has 0 spiro atoms. The van der Waals surface area contributed by atoms with Gasteiger partial charge in [-0.2, -0.15) is 0 Å². The maximum absolute atomic E-state index is 11.9. The van der Waals surface area contributed by atoms with E-state index in [4.69, 9.17) is 4.74 Å². The first-order valence-electron chi connectivity index (χ1n) is 6.16. The molecule has 1 heterocycles. The molecule has 18 heavy (non-hydrogen) atoms. The lowest BCUT2D eigenvalue weighted by atomic mass is 9.90. The van der Waals surface area contributed by atoms with Crippen molar-refractivity contribution >= 4 is 5.97 Å². The monoisotopic (exact) mass is 238 g/mol. The Hall–Kier alpha value is -2.09. The van der Waals surface area contributed by atoms with Crippen molar-refractivity contribution in [1.82, 2.24) is 0 Å². The molecule has 3 rings (SSSR count). The van der Waals surface area contributed by atoms with Gasteiger partial charge in [-0.3, -0.25) is 4.79 Å². The summed E-state index contributed by atoms with van der Waals surface area (Å²) in [6, 6.07) is 17.8. The quantitative estimate of drug-likeness (QED) is 0.594. The molecule has 0 radical (unpaired) electrons. The smallest absolute Gasteiger partial charge is 0.315 e. The van der Waals surface area contributed by atoms with E-state index >= 15 is 0 Å². The van der Waals surface area contributed by atoms with E-state index in [0.29, 0.717) is 5.75 Å². The first-order chi connectivity index (χ1) is 8.83. The van der Waals surface area contributed by atoms with Gasteiger partial charge in [0, 0.05) is 0 Å². The third kappa shape index (κ3) is 2.14. The zero-order valence-corrected chi connectivity index (χ0v) is 10.0. The van der Waals surface area contributed by atoms with E-state index < -0.39 is 0 Å². The van der Waals surface area contributed by atoms with Crippen LogP contribution in [0.25, 0.3) is 0 Å². The van der Waals surface area contributed by atoms with Crippen molar-refractivity contribution in [3.8, 4) is 5.75 Å². The van der Waals surface area contributed by atoms with Gasteiger partial charge in [0.2, 0.25) is 0 Å². The molecule has 0 bridgehead atoms. The zero-order valence-electron chi connectivity index (χ0n) is 10.0. The second kappa shape index (κ2) is 4.65. The van der Waals surface area contributed by atoms with Crippen LogP contribution in [0.1, 0.15) is 11.1 Å². The summed E-state index contributed by atoms with van der Waals surface area (Å²) in [6.07, 6.45) is 1.51. The van der Waals surface area contributed by atoms with E-state index in [1.165, 1.54) is 5.56 Å². The van der Waals surface area contributed by atoms with Crippen LogP contribution in [0.4, 0.5) is 0 Å². The van der Waals surface area contributed by atoms with E-state index in [0.717, 1.165) is 18.4 Å². The Morgan fingerprint density at radius 2 is 1.72 bits per heavy atom. The van der Waals surface area contributed by atoms with E-state index in [1.807, 2.05) is 54.6 Å². The highest BCUT2D eigenvalue weighted by Gasteiger charge is 2.27. The third-order valence-corrected chi connectivity index (χ3v) is 3.31. The summed E-state index contributed by atoms with van der Waals surface area (Å²) in [4.78, 5) is 11.9. The van der Waals surface area contributed by atoms with Gasteiger partial charge >= 0.3 is 5.97 Å². The van der Waals surface area contributed by atoms with E-state index in [2.05, 4.69) is 0 Å². The van der Waals surface area contributed by atoms with Crippen LogP contribution < -0.4 is 4.74 Å². The van der Waals surface area contributed by atoms with Crippen LogP contribution >= 0.6 is 0 Å². The van der Waals surface area contributed by atoms with Gasteiger partial charge in [0.15, 0.2) is 0 Å². The summed E-state index contributed by atoms with van der Waals surface area (Å²) in [5, 5.41) is 0. The summed E-state index contributed by atoms with van der Waals surface area (Å²) >= 11 is 0. The lowest BCUT2D eigenvalue weighted by molar-refractivity contribution is -0.140. The topological polar surface area (TPSA) is 26.3 Å². The van der Waals surface area contributed by atoms with Crippen molar-refractivity contribution in [2.24, 2.45) is 5.92 Å². The Bertz CT molecular complexity index is 560. The minimum atomic E-state index is -0.113. The van der Waals surface area contributed by atoms with Crippen LogP contribution in [0.15, 0.2) is 54.6 Å². The minimum absolute atomic E-state index is 0.0673. The number of carbonyl (C=O) groups is 1. The molecular weight excluding hydrogens is 224 g/mol. The Morgan fingerprint density at radius 1 is 1.00 bits per heavy atom. The minimum Gasteiger partial charge on any atom is -0.426 e. The lowest BCUT2D eigenvalue weighted by Gasteiger charge is -2.23. The van der Waals surface area contributed by atoms with Crippen LogP contribution in [0.3, 0.4) is 0 Å². The number of carbonyl (C=O) groups excluding carboxylic acids is 1. The van der Waals surface area contributed by atoms with Gasteiger partial charge in [-0.15, -0.1) is 0 Å². The van der Waals surface area contributed by atoms with Crippen molar-refractivity contribution in [2.45, 2.75) is 12.8 Å². The highest BCUT2D eigenvalue weighted by molar-refractivity contribution is 5.78. The standard InChI is InChI=1S/C16H14O2/c17-16-14(10-12-6-2-1-3-7-12)11-13-8-4-5-9-15(13)18-16/h1-9,14H,10-11H2. The van der Waals surface area contributed by atoms with Crippen LogP contribution in [-0.4, -0.2) is 5.97 Å². The predicted molar refractivity (Wildman–Crippen MR) is 69.4 cm³/mol. The lowest BCUT2D eigenvalue weighted by Crippen LogP contribution is -2.29. The Kier molecular flexibility index (Phi) is 2.85. The van der Waals surface area contributed by atoms with Crippen LogP contribution in [0.2, 0.25) is 0 Å². The number of hydrogen-bond acceptors (Lipinski definition) is 2. The SMILES string of the molecule is O=C1Oc2ccccc2CC1Cc1ccccc1. The fourth-order valence-electron chi connectivity index (χ4n) is 2.37. The molecule has 1 aliphatic rings. The molecule has 90 valence electrons. The van der Waals surface area contributed by atoms with Crippen molar-refractivity contribution in [1.29, 1.82) is 0 Å². The van der Waals surface area contributed by atoms with Crippen molar-refractivity contribution in [3.05, 3.63) is 65.7 Å². The van der Waals surface area contributed by atoms with Crippen LogP contribution in [0, 0.1) is 5.92 Å². The van der Waals surface area contributed by atoms with Crippen molar-refractivity contribution in [3.63, 3.8) is 0 Å². The summed E-state index contributed by atoms with van der Waals surface area (Å²) < 4.78 is 5.38. The molecule has 0 fully saturated rings. The number of ether oxygens (including phenoxy) is 1. The molecule has 2 heteroatoms. The molecule has 2 nitrogen and oxygen atoms in total. The van der Waals surface area contributed by atoms with Crippen LogP contribution in [0.5, 0.6) is 5.75 Å². The van der Waals surface area contributed by atoms with Gasteiger partial charge in [-0.25, -0.2) is 0 Å². The molecule has 0 N–H and O–H groups in total. The first kappa shape index (κ1) is 11.0. The zero-order chi connectivity index (χ0) is 12.4. The second-order valence-electron chi connectivity index (χ2n) is 4.62. The molecule has 2 aromatic carbocycles. The van der Waals surface area contributed by atoms with Gasteiger partial charge in [0.1, 0.15) is 5.75 Å². The maximum atomic E-state index is 11.9. The molecule has 0 saturated carbocycles. The first-order valence-corrected chi connectivity index (χ1v) is 6.16. The fraction of sp³-hybridized carbons (Fsp3) is 0.188. The number of esters is 1. The van der Waals surface area contributed by atoms with Gasteiger partial charge in [0.05, 0.1) is 5.92 Å². The molecule has 0 amide bonds. The molecule has 0 aromatic heterocycles. The molecule has 1 atom stereocenters. The maximum Gasteiger partial charge on any atom is 0.315 e. The fourth-order valence-corrected chi connectivity index (χ4v) is 2.37.